The summed E-state index contributed by atoms with van der Waals surface area (Å²) in [5.74, 6) is 0.699. The van der Waals surface area contributed by atoms with Crippen molar-refractivity contribution in [3.63, 3.8) is 0 Å². The highest BCUT2D eigenvalue weighted by Gasteiger charge is 2.16. The molecule has 50 heavy (non-hydrogen) atoms. The third-order valence-corrected chi connectivity index (χ3v) is 9.27. The van der Waals surface area contributed by atoms with Crippen LogP contribution in [-0.4, -0.2) is 15.0 Å². The van der Waals surface area contributed by atoms with Crippen LogP contribution >= 0.6 is 0 Å². The van der Waals surface area contributed by atoms with Gasteiger partial charge in [-0.05, 0) is 64.0 Å². The Balaban J connectivity index is 1.19. The first kappa shape index (κ1) is 29.4. The summed E-state index contributed by atoms with van der Waals surface area (Å²) in [6, 6.07) is 65.6. The Bertz CT molecular complexity index is 2610. The quantitative estimate of drug-likeness (QED) is 0.170. The van der Waals surface area contributed by atoms with Gasteiger partial charge in [-0.3, -0.25) is 0 Å². The average Bonchev–Trinajstić information content (AvgIpc) is 3.21. The molecule has 0 amide bonds. The van der Waals surface area contributed by atoms with Gasteiger partial charge in [0, 0.05) is 33.0 Å². The summed E-state index contributed by atoms with van der Waals surface area (Å²) >= 11 is 0. The van der Waals surface area contributed by atoms with Crippen molar-refractivity contribution in [3.8, 4) is 67.4 Å². The molecule has 0 aliphatic heterocycles. The van der Waals surface area contributed by atoms with E-state index in [1.165, 1.54) is 0 Å². The normalized spacial score (nSPS) is 11.2. The minimum atomic E-state index is 0.699. The van der Waals surface area contributed by atoms with Crippen molar-refractivity contribution in [1.29, 1.82) is 0 Å². The lowest BCUT2D eigenvalue weighted by Crippen LogP contribution is -1.97. The standard InChI is InChI=1S/C47H31N3/c1-4-13-32(14-5-1)38-29-39(33-23-25-36(26-24-33)44-22-12-21-43(48-44)35-16-6-2-7-17-35)31-40(30-38)47-49-45(37-18-8-3-9-19-37)42-28-27-34-15-10-11-20-41(34)46(42)50-47/h1-31H. The van der Waals surface area contributed by atoms with Crippen LogP contribution in [0.5, 0.6) is 0 Å². The molecule has 9 rings (SSSR count). The van der Waals surface area contributed by atoms with E-state index < -0.39 is 0 Å². The van der Waals surface area contributed by atoms with Crippen LogP contribution in [0.3, 0.4) is 0 Å². The largest absolute Gasteiger partial charge is 0.248 e. The lowest BCUT2D eigenvalue weighted by molar-refractivity contribution is 1.23. The second-order valence-corrected chi connectivity index (χ2v) is 12.5. The van der Waals surface area contributed by atoms with Crippen LogP contribution in [0.25, 0.3) is 89.1 Å². The van der Waals surface area contributed by atoms with Crippen molar-refractivity contribution in [1.82, 2.24) is 15.0 Å². The van der Waals surface area contributed by atoms with Gasteiger partial charge in [-0.1, -0.05) is 152 Å². The SMILES string of the molecule is c1ccc(-c2cc(-c3ccc(-c4cccc(-c5ccccc5)n4)cc3)cc(-c3nc(-c4ccccc4)c4ccc5ccccc5c4n3)c2)cc1. The first-order chi connectivity index (χ1) is 24.8. The van der Waals surface area contributed by atoms with E-state index >= 15 is 0 Å². The summed E-state index contributed by atoms with van der Waals surface area (Å²) in [6.07, 6.45) is 0. The number of rotatable bonds is 6. The van der Waals surface area contributed by atoms with Crippen molar-refractivity contribution in [2.45, 2.75) is 0 Å². The molecule has 0 aliphatic carbocycles. The lowest BCUT2D eigenvalue weighted by atomic mass is 9.94. The minimum absolute atomic E-state index is 0.699. The van der Waals surface area contributed by atoms with Crippen LogP contribution in [0.15, 0.2) is 188 Å². The molecular weight excluding hydrogens is 607 g/mol. The van der Waals surface area contributed by atoms with Crippen molar-refractivity contribution in [2.75, 3.05) is 0 Å². The molecule has 2 heterocycles. The molecule has 0 bridgehead atoms. The van der Waals surface area contributed by atoms with Gasteiger partial charge in [0.2, 0.25) is 0 Å². The molecule has 0 N–H and O–H groups in total. The summed E-state index contributed by atoms with van der Waals surface area (Å²) < 4.78 is 0. The van der Waals surface area contributed by atoms with Gasteiger partial charge in [-0.15, -0.1) is 0 Å². The molecule has 0 atom stereocenters. The molecule has 234 valence electrons. The highest BCUT2D eigenvalue weighted by molar-refractivity contribution is 6.09. The highest BCUT2D eigenvalue weighted by Crippen LogP contribution is 2.37. The Labute approximate surface area is 291 Å². The summed E-state index contributed by atoms with van der Waals surface area (Å²) in [6.45, 7) is 0. The zero-order valence-corrected chi connectivity index (χ0v) is 27.2. The van der Waals surface area contributed by atoms with E-state index in [1.807, 2.05) is 24.3 Å². The number of hydrogen-bond donors (Lipinski definition) is 0. The van der Waals surface area contributed by atoms with Gasteiger partial charge in [-0.25, -0.2) is 15.0 Å². The van der Waals surface area contributed by atoms with Gasteiger partial charge in [0.15, 0.2) is 5.82 Å². The van der Waals surface area contributed by atoms with E-state index in [0.717, 1.165) is 83.3 Å². The zero-order valence-electron chi connectivity index (χ0n) is 27.2. The molecule has 0 spiro atoms. The van der Waals surface area contributed by atoms with Gasteiger partial charge >= 0.3 is 0 Å². The van der Waals surface area contributed by atoms with Crippen LogP contribution in [0.2, 0.25) is 0 Å². The maximum atomic E-state index is 5.30. The molecule has 0 unspecified atom stereocenters. The molecule has 0 radical (unpaired) electrons. The van der Waals surface area contributed by atoms with Gasteiger partial charge in [0.1, 0.15) is 0 Å². The number of benzene rings is 7. The third-order valence-electron chi connectivity index (χ3n) is 9.27. The van der Waals surface area contributed by atoms with Crippen molar-refractivity contribution < 1.29 is 0 Å². The summed E-state index contributed by atoms with van der Waals surface area (Å²) in [5, 5.41) is 3.32. The number of pyridine rings is 1. The zero-order chi connectivity index (χ0) is 33.3. The van der Waals surface area contributed by atoms with Gasteiger partial charge in [0.25, 0.3) is 0 Å². The van der Waals surface area contributed by atoms with Gasteiger partial charge < -0.3 is 0 Å². The predicted molar refractivity (Wildman–Crippen MR) is 207 cm³/mol. The number of aromatic nitrogens is 3. The maximum Gasteiger partial charge on any atom is 0.160 e. The molecule has 0 fully saturated rings. The van der Waals surface area contributed by atoms with E-state index in [2.05, 4.69) is 164 Å². The van der Waals surface area contributed by atoms with Crippen LogP contribution in [0.1, 0.15) is 0 Å². The average molecular weight is 638 g/mol. The first-order valence-electron chi connectivity index (χ1n) is 16.9. The smallest absolute Gasteiger partial charge is 0.160 e. The fourth-order valence-electron chi connectivity index (χ4n) is 6.73. The Hall–Kier alpha value is -6.71. The molecule has 9 aromatic rings. The number of fused-ring (bicyclic) bond motifs is 3. The number of nitrogens with zero attached hydrogens (tertiary/aromatic N) is 3. The monoisotopic (exact) mass is 637 g/mol. The predicted octanol–water partition coefficient (Wildman–Crippen LogP) is 12.2. The Morgan fingerprint density at radius 2 is 0.800 bits per heavy atom. The van der Waals surface area contributed by atoms with Crippen LogP contribution in [-0.2, 0) is 0 Å². The van der Waals surface area contributed by atoms with Crippen molar-refractivity contribution >= 4 is 21.7 Å². The Morgan fingerprint density at radius 3 is 1.48 bits per heavy atom. The Kier molecular flexibility index (Phi) is 7.49. The van der Waals surface area contributed by atoms with E-state index in [-0.39, 0.29) is 0 Å². The van der Waals surface area contributed by atoms with E-state index in [9.17, 15) is 0 Å². The minimum Gasteiger partial charge on any atom is -0.248 e. The van der Waals surface area contributed by atoms with E-state index in [0.29, 0.717) is 5.82 Å². The van der Waals surface area contributed by atoms with Gasteiger partial charge in [0.05, 0.1) is 22.6 Å². The lowest BCUT2D eigenvalue weighted by Gasteiger charge is -2.14. The molecule has 3 heteroatoms. The second kappa shape index (κ2) is 12.7. The topological polar surface area (TPSA) is 38.7 Å². The molecule has 3 nitrogen and oxygen atoms in total. The molecule has 0 saturated heterocycles. The molecule has 0 saturated carbocycles. The summed E-state index contributed by atoms with van der Waals surface area (Å²) in [4.78, 5) is 15.6. The van der Waals surface area contributed by atoms with Crippen molar-refractivity contribution in [2.24, 2.45) is 0 Å². The fourth-order valence-corrected chi connectivity index (χ4v) is 6.73. The molecule has 2 aromatic heterocycles. The molecule has 0 aliphatic rings. The van der Waals surface area contributed by atoms with Gasteiger partial charge in [-0.2, -0.15) is 0 Å². The summed E-state index contributed by atoms with van der Waals surface area (Å²) in [7, 11) is 0. The maximum absolute atomic E-state index is 5.30. The molecular formula is C47H31N3. The van der Waals surface area contributed by atoms with E-state index in [1.54, 1.807) is 0 Å². The van der Waals surface area contributed by atoms with Crippen LogP contribution in [0, 0.1) is 0 Å². The Morgan fingerprint density at radius 1 is 0.280 bits per heavy atom. The summed E-state index contributed by atoms with van der Waals surface area (Å²) in [5.41, 5.74) is 12.5. The van der Waals surface area contributed by atoms with Crippen molar-refractivity contribution in [3.05, 3.63) is 188 Å². The first-order valence-corrected chi connectivity index (χ1v) is 16.9. The fraction of sp³-hybridized carbons (Fsp3) is 0. The van der Waals surface area contributed by atoms with Crippen LogP contribution in [0.4, 0.5) is 0 Å². The third kappa shape index (κ3) is 5.61. The van der Waals surface area contributed by atoms with E-state index in [4.69, 9.17) is 15.0 Å². The highest BCUT2D eigenvalue weighted by atomic mass is 14.9. The molecule has 7 aromatic carbocycles. The van der Waals surface area contributed by atoms with Crippen LogP contribution < -0.4 is 0 Å². The number of hydrogen-bond acceptors (Lipinski definition) is 3. The second-order valence-electron chi connectivity index (χ2n) is 12.5.